The van der Waals surface area contributed by atoms with E-state index in [-0.39, 0.29) is 0 Å². The highest BCUT2D eigenvalue weighted by atomic mass is 32.2. The molecule has 0 radical (unpaired) electrons. The van der Waals surface area contributed by atoms with Crippen molar-refractivity contribution < 1.29 is 8.76 Å². The molecule has 0 heterocycles. The van der Waals surface area contributed by atoms with Crippen molar-refractivity contribution in [2.75, 3.05) is 11.4 Å². The Bertz CT molecular complexity index is 321. The van der Waals surface area contributed by atoms with Crippen molar-refractivity contribution in [3.8, 4) is 0 Å². The molecule has 3 nitrogen and oxygen atoms in total. The van der Waals surface area contributed by atoms with E-state index in [4.69, 9.17) is 4.55 Å². The normalized spacial score (nSPS) is 12.2. The molecule has 0 aromatic heterocycles. The van der Waals surface area contributed by atoms with Gasteiger partial charge in [0, 0.05) is 7.05 Å². The van der Waals surface area contributed by atoms with E-state index >= 15 is 0 Å². The second-order valence-electron chi connectivity index (χ2n) is 2.52. The maximum Gasteiger partial charge on any atom is 0.261 e. The summed E-state index contributed by atoms with van der Waals surface area (Å²) < 4.78 is 20.7. The standard InChI is InChI=1S/C9H11NO2S/c1-3-8-4-6-9(7-5-8)10(2)13(11)12/h3-7H,1H2,2H3,(H,11,12). The zero-order valence-electron chi connectivity index (χ0n) is 7.30. The number of benzene rings is 1. The third kappa shape index (κ3) is 2.40. The summed E-state index contributed by atoms with van der Waals surface area (Å²) >= 11 is -1.96. The molecule has 1 rings (SSSR count). The van der Waals surface area contributed by atoms with Crippen LogP contribution in [0.2, 0.25) is 0 Å². The molecule has 1 aromatic rings. The lowest BCUT2D eigenvalue weighted by atomic mass is 10.2. The molecule has 1 unspecified atom stereocenters. The summed E-state index contributed by atoms with van der Waals surface area (Å²) in [7, 11) is 1.55. The maximum atomic E-state index is 10.7. The van der Waals surface area contributed by atoms with Crippen LogP contribution in [0.1, 0.15) is 5.56 Å². The minimum absolute atomic E-state index is 0.700. The van der Waals surface area contributed by atoms with Crippen LogP contribution >= 0.6 is 0 Å². The second-order valence-corrected chi connectivity index (χ2v) is 3.53. The van der Waals surface area contributed by atoms with Crippen molar-refractivity contribution in [1.29, 1.82) is 0 Å². The van der Waals surface area contributed by atoms with Crippen molar-refractivity contribution in [2.24, 2.45) is 0 Å². The zero-order valence-corrected chi connectivity index (χ0v) is 8.12. The average molecular weight is 197 g/mol. The van der Waals surface area contributed by atoms with E-state index in [1.54, 1.807) is 25.3 Å². The van der Waals surface area contributed by atoms with Crippen LogP contribution in [0.5, 0.6) is 0 Å². The molecular weight excluding hydrogens is 186 g/mol. The van der Waals surface area contributed by atoms with Gasteiger partial charge in [0.05, 0.1) is 5.69 Å². The van der Waals surface area contributed by atoms with Gasteiger partial charge in [0.15, 0.2) is 0 Å². The van der Waals surface area contributed by atoms with Gasteiger partial charge >= 0.3 is 0 Å². The van der Waals surface area contributed by atoms with E-state index in [0.29, 0.717) is 5.69 Å². The molecule has 0 saturated heterocycles. The van der Waals surface area contributed by atoms with Gasteiger partial charge in [-0.2, -0.15) is 0 Å². The smallest absolute Gasteiger partial charge is 0.261 e. The first-order valence-electron chi connectivity index (χ1n) is 3.72. The third-order valence-electron chi connectivity index (χ3n) is 1.73. The first-order chi connectivity index (χ1) is 6.15. The molecule has 0 amide bonds. The zero-order chi connectivity index (χ0) is 9.84. The molecule has 0 spiro atoms. The van der Waals surface area contributed by atoms with Crippen molar-refractivity contribution >= 4 is 23.0 Å². The number of anilines is 1. The summed E-state index contributed by atoms with van der Waals surface area (Å²) in [6, 6.07) is 7.22. The largest absolute Gasteiger partial charge is 0.289 e. The van der Waals surface area contributed by atoms with Crippen molar-refractivity contribution in [1.82, 2.24) is 0 Å². The number of nitrogens with zero attached hydrogens (tertiary/aromatic N) is 1. The van der Waals surface area contributed by atoms with E-state index in [2.05, 4.69) is 6.58 Å². The van der Waals surface area contributed by atoms with Crippen LogP contribution in [-0.4, -0.2) is 15.8 Å². The quantitative estimate of drug-likeness (QED) is 0.752. The lowest BCUT2D eigenvalue weighted by Gasteiger charge is -2.13. The molecule has 0 fully saturated rings. The van der Waals surface area contributed by atoms with E-state index < -0.39 is 11.3 Å². The van der Waals surface area contributed by atoms with Crippen LogP contribution in [0.3, 0.4) is 0 Å². The van der Waals surface area contributed by atoms with Crippen LogP contribution in [-0.2, 0) is 11.3 Å². The van der Waals surface area contributed by atoms with E-state index in [1.165, 1.54) is 4.31 Å². The molecule has 70 valence electrons. The Balaban J connectivity index is 2.91. The van der Waals surface area contributed by atoms with Crippen molar-refractivity contribution in [3.05, 3.63) is 36.4 Å². The van der Waals surface area contributed by atoms with E-state index in [1.807, 2.05) is 12.1 Å². The summed E-state index contributed by atoms with van der Waals surface area (Å²) in [6.07, 6.45) is 1.72. The average Bonchev–Trinajstić information content (AvgIpc) is 2.17. The molecule has 1 aromatic carbocycles. The number of hydrogen-bond acceptors (Lipinski definition) is 1. The highest BCUT2D eigenvalue weighted by Gasteiger charge is 2.04. The third-order valence-corrected chi connectivity index (χ3v) is 2.41. The molecule has 0 aliphatic rings. The monoisotopic (exact) mass is 197 g/mol. The first kappa shape index (κ1) is 9.95. The second kappa shape index (κ2) is 4.20. The fourth-order valence-corrected chi connectivity index (χ4v) is 1.21. The fourth-order valence-electron chi connectivity index (χ4n) is 0.911. The first-order valence-corrected chi connectivity index (χ1v) is 4.78. The summed E-state index contributed by atoms with van der Waals surface area (Å²) in [4.78, 5) is 0. The fraction of sp³-hybridized carbons (Fsp3) is 0.111. The minimum Gasteiger partial charge on any atom is -0.289 e. The topological polar surface area (TPSA) is 40.5 Å². The molecule has 0 aliphatic heterocycles. The number of hydrogen-bond donors (Lipinski definition) is 1. The van der Waals surface area contributed by atoms with Crippen LogP contribution < -0.4 is 4.31 Å². The molecule has 0 bridgehead atoms. The highest BCUT2D eigenvalue weighted by molar-refractivity contribution is 7.80. The SMILES string of the molecule is C=Cc1ccc(N(C)S(=O)O)cc1. The minimum atomic E-state index is -1.96. The lowest BCUT2D eigenvalue weighted by molar-refractivity contribution is 0.562. The summed E-state index contributed by atoms with van der Waals surface area (Å²) in [6.45, 7) is 3.62. The summed E-state index contributed by atoms with van der Waals surface area (Å²) in [5.74, 6) is 0. The molecule has 1 N–H and O–H groups in total. The molecule has 0 aliphatic carbocycles. The van der Waals surface area contributed by atoms with Gasteiger partial charge < -0.3 is 0 Å². The van der Waals surface area contributed by atoms with E-state index in [0.717, 1.165) is 5.56 Å². The Morgan fingerprint density at radius 3 is 2.38 bits per heavy atom. The van der Waals surface area contributed by atoms with Gasteiger partial charge in [0.2, 0.25) is 0 Å². The Hall–Kier alpha value is -1.13. The van der Waals surface area contributed by atoms with Gasteiger partial charge in [-0.25, -0.2) is 4.21 Å². The van der Waals surface area contributed by atoms with Gasteiger partial charge in [-0.1, -0.05) is 24.8 Å². The van der Waals surface area contributed by atoms with Crippen molar-refractivity contribution in [3.63, 3.8) is 0 Å². The van der Waals surface area contributed by atoms with Crippen LogP contribution in [0, 0.1) is 0 Å². The van der Waals surface area contributed by atoms with Gasteiger partial charge in [-0.15, -0.1) is 0 Å². The van der Waals surface area contributed by atoms with Gasteiger partial charge in [-0.05, 0) is 17.7 Å². The molecule has 4 heteroatoms. The molecule has 1 atom stereocenters. The van der Waals surface area contributed by atoms with Crippen molar-refractivity contribution in [2.45, 2.75) is 0 Å². The van der Waals surface area contributed by atoms with Gasteiger partial charge in [0.25, 0.3) is 11.3 Å². The van der Waals surface area contributed by atoms with Crippen LogP contribution in [0.4, 0.5) is 5.69 Å². The Labute approximate surface area is 80.1 Å². The lowest BCUT2D eigenvalue weighted by Crippen LogP contribution is -2.18. The van der Waals surface area contributed by atoms with E-state index in [9.17, 15) is 4.21 Å². The highest BCUT2D eigenvalue weighted by Crippen LogP contribution is 2.14. The maximum absolute atomic E-state index is 10.7. The van der Waals surface area contributed by atoms with Gasteiger partial charge in [-0.3, -0.25) is 8.86 Å². The molecule has 0 saturated carbocycles. The molecule has 13 heavy (non-hydrogen) atoms. The summed E-state index contributed by atoms with van der Waals surface area (Å²) in [5.41, 5.74) is 1.69. The Morgan fingerprint density at radius 2 is 2.00 bits per heavy atom. The van der Waals surface area contributed by atoms with Crippen LogP contribution in [0.25, 0.3) is 6.08 Å². The van der Waals surface area contributed by atoms with Gasteiger partial charge in [0.1, 0.15) is 0 Å². The summed E-state index contributed by atoms with van der Waals surface area (Å²) in [5, 5.41) is 0. The number of rotatable bonds is 3. The molecular formula is C9H11NO2S. The predicted octanol–water partition coefficient (Wildman–Crippen LogP) is 1.90. The predicted molar refractivity (Wildman–Crippen MR) is 55.7 cm³/mol. The Kier molecular flexibility index (Phi) is 3.22. The Morgan fingerprint density at radius 1 is 1.46 bits per heavy atom. The van der Waals surface area contributed by atoms with Crippen LogP contribution in [0.15, 0.2) is 30.8 Å².